The third-order valence-corrected chi connectivity index (χ3v) is 5.74. The number of rotatable bonds is 7. The zero-order valence-electron chi connectivity index (χ0n) is 14.2. The van der Waals surface area contributed by atoms with Gasteiger partial charge in [0.2, 0.25) is 0 Å². The first-order valence-corrected chi connectivity index (χ1v) is 8.37. The summed E-state index contributed by atoms with van der Waals surface area (Å²) in [4.78, 5) is 2.68. The van der Waals surface area contributed by atoms with Gasteiger partial charge in [-0.05, 0) is 58.5 Å². The smallest absolute Gasteiger partial charge is 0.0192 e. The van der Waals surface area contributed by atoms with Crippen LogP contribution in [-0.4, -0.2) is 36.1 Å². The summed E-state index contributed by atoms with van der Waals surface area (Å²) in [5.41, 5.74) is 0.924. The fraction of sp³-hybridized carbons (Fsp3) is 1.00. The summed E-state index contributed by atoms with van der Waals surface area (Å²) in [5.74, 6) is 0. The lowest BCUT2D eigenvalue weighted by atomic mass is 9.74. The summed E-state index contributed by atoms with van der Waals surface area (Å²) in [5, 5.41) is 3.71. The predicted molar refractivity (Wildman–Crippen MR) is 85.7 cm³/mol. The number of hydrogen-bond donors (Lipinski definition) is 1. The largest absolute Gasteiger partial charge is 0.310 e. The zero-order chi connectivity index (χ0) is 14.5. The van der Waals surface area contributed by atoms with Gasteiger partial charge in [-0.3, -0.25) is 4.90 Å². The van der Waals surface area contributed by atoms with Crippen molar-refractivity contribution in [3.8, 4) is 0 Å². The third-order valence-electron chi connectivity index (χ3n) is 5.74. The highest BCUT2D eigenvalue weighted by molar-refractivity contribution is 4.87. The first-order chi connectivity index (χ1) is 8.88. The molecule has 114 valence electrons. The Labute approximate surface area is 121 Å². The molecule has 0 aliphatic carbocycles. The van der Waals surface area contributed by atoms with Gasteiger partial charge in [0.15, 0.2) is 0 Å². The van der Waals surface area contributed by atoms with Crippen molar-refractivity contribution in [2.75, 3.05) is 19.6 Å². The predicted octanol–water partition coefficient (Wildman–Crippen LogP) is 4.06. The Balaban J connectivity index is 2.38. The maximum Gasteiger partial charge on any atom is 0.0192 e. The maximum absolute atomic E-state index is 3.71. The van der Waals surface area contributed by atoms with Gasteiger partial charge >= 0.3 is 0 Å². The highest BCUT2D eigenvalue weighted by Gasteiger charge is 2.32. The lowest BCUT2D eigenvalue weighted by Crippen LogP contribution is -2.50. The van der Waals surface area contributed by atoms with E-state index in [-0.39, 0.29) is 5.54 Å². The third kappa shape index (κ3) is 4.75. The van der Waals surface area contributed by atoms with Crippen LogP contribution < -0.4 is 5.32 Å². The molecule has 0 amide bonds. The summed E-state index contributed by atoms with van der Waals surface area (Å²) in [7, 11) is 0. The van der Waals surface area contributed by atoms with Gasteiger partial charge in [-0.25, -0.2) is 0 Å². The topological polar surface area (TPSA) is 15.3 Å². The van der Waals surface area contributed by atoms with E-state index in [9.17, 15) is 0 Å². The van der Waals surface area contributed by atoms with Crippen molar-refractivity contribution in [3.05, 3.63) is 0 Å². The molecular formula is C17H36N2. The van der Waals surface area contributed by atoms with Crippen LogP contribution in [-0.2, 0) is 0 Å². The van der Waals surface area contributed by atoms with E-state index in [0.29, 0.717) is 11.5 Å². The number of nitrogens with zero attached hydrogens (tertiary/aromatic N) is 1. The van der Waals surface area contributed by atoms with Gasteiger partial charge < -0.3 is 5.32 Å². The van der Waals surface area contributed by atoms with E-state index < -0.39 is 0 Å². The standard InChI is InChI=1S/C17H36N2/c1-7-16(5,6)18-14-15(4)19-12-10-17(8-2,9-3)11-13-19/h15,18H,7-14H2,1-6H3. The highest BCUT2D eigenvalue weighted by atomic mass is 15.2. The lowest BCUT2D eigenvalue weighted by molar-refractivity contribution is 0.0686. The van der Waals surface area contributed by atoms with Crippen molar-refractivity contribution >= 4 is 0 Å². The molecule has 19 heavy (non-hydrogen) atoms. The molecule has 2 heteroatoms. The van der Waals surface area contributed by atoms with Gasteiger partial charge in [-0.2, -0.15) is 0 Å². The van der Waals surface area contributed by atoms with Gasteiger partial charge in [-0.15, -0.1) is 0 Å². The minimum Gasteiger partial charge on any atom is -0.310 e. The Kier molecular flexibility index (Phi) is 6.32. The van der Waals surface area contributed by atoms with E-state index in [1.54, 1.807) is 0 Å². The molecule has 0 spiro atoms. The molecule has 2 nitrogen and oxygen atoms in total. The molecule has 1 aliphatic rings. The molecule has 0 aromatic heterocycles. The Morgan fingerprint density at radius 1 is 1.11 bits per heavy atom. The Hall–Kier alpha value is -0.0800. The molecule has 1 heterocycles. The monoisotopic (exact) mass is 268 g/mol. The molecule has 0 radical (unpaired) electrons. The van der Waals surface area contributed by atoms with Crippen molar-refractivity contribution in [1.29, 1.82) is 0 Å². The molecule has 0 aromatic rings. The molecule has 0 aromatic carbocycles. The molecule has 1 unspecified atom stereocenters. The number of piperidine rings is 1. The van der Waals surface area contributed by atoms with E-state index in [1.807, 2.05) is 0 Å². The Bertz CT molecular complexity index is 246. The van der Waals surface area contributed by atoms with Crippen LogP contribution in [0.5, 0.6) is 0 Å². The van der Waals surface area contributed by atoms with Gasteiger partial charge in [0.1, 0.15) is 0 Å². The molecule has 0 saturated carbocycles. The van der Waals surface area contributed by atoms with E-state index in [1.165, 1.54) is 45.2 Å². The summed E-state index contributed by atoms with van der Waals surface area (Å²) >= 11 is 0. The van der Waals surface area contributed by atoms with Crippen molar-refractivity contribution in [1.82, 2.24) is 10.2 Å². The van der Waals surface area contributed by atoms with E-state index >= 15 is 0 Å². The fourth-order valence-electron chi connectivity index (χ4n) is 3.07. The summed E-state index contributed by atoms with van der Waals surface area (Å²) in [6.45, 7) is 17.7. The molecule has 1 fully saturated rings. The molecule has 1 aliphatic heterocycles. The second kappa shape index (κ2) is 7.08. The van der Waals surface area contributed by atoms with Crippen LogP contribution in [0.4, 0.5) is 0 Å². The van der Waals surface area contributed by atoms with E-state index in [4.69, 9.17) is 0 Å². The molecule has 1 rings (SSSR count). The Morgan fingerprint density at radius 2 is 1.63 bits per heavy atom. The van der Waals surface area contributed by atoms with Crippen LogP contribution in [0.3, 0.4) is 0 Å². The summed E-state index contributed by atoms with van der Waals surface area (Å²) < 4.78 is 0. The van der Waals surface area contributed by atoms with Crippen LogP contribution in [0.1, 0.15) is 73.6 Å². The van der Waals surface area contributed by atoms with Crippen molar-refractivity contribution in [3.63, 3.8) is 0 Å². The minimum absolute atomic E-state index is 0.278. The zero-order valence-corrected chi connectivity index (χ0v) is 14.2. The van der Waals surface area contributed by atoms with Gasteiger partial charge in [0.05, 0.1) is 0 Å². The summed E-state index contributed by atoms with van der Waals surface area (Å²) in [6.07, 6.45) is 6.68. The van der Waals surface area contributed by atoms with Crippen molar-refractivity contribution in [2.24, 2.45) is 5.41 Å². The second-order valence-corrected chi connectivity index (χ2v) is 7.21. The van der Waals surface area contributed by atoms with Crippen molar-refractivity contribution in [2.45, 2.75) is 85.2 Å². The van der Waals surface area contributed by atoms with E-state index in [2.05, 4.69) is 51.8 Å². The minimum atomic E-state index is 0.278. The number of nitrogens with one attached hydrogen (secondary N) is 1. The first-order valence-electron chi connectivity index (χ1n) is 8.37. The van der Waals surface area contributed by atoms with Crippen LogP contribution in [0, 0.1) is 5.41 Å². The summed E-state index contributed by atoms with van der Waals surface area (Å²) in [6, 6.07) is 0.664. The van der Waals surface area contributed by atoms with E-state index in [0.717, 1.165) is 6.54 Å². The highest BCUT2D eigenvalue weighted by Crippen LogP contribution is 2.38. The average Bonchev–Trinajstić information content (AvgIpc) is 2.45. The van der Waals surface area contributed by atoms with Crippen LogP contribution in [0.2, 0.25) is 0 Å². The van der Waals surface area contributed by atoms with Crippen LogP contribution in [0.25, 0.3) is 0 Å². The molecule has 1 atom stereocenters. The van der Waals surface area contributed by atoms with Gasteiger partial charge in [0.25, 0.3) is 0 Å². The average molecular weight is 268 g/mol. The van der Waals surface area contributed by atoms with Crippen molar-refractivity contribution < 1.29 is 0 Å². The molecule has 1 saturated heterocycles. The fourth-order valence-corrected chi connectivity index (χ4v) is 3.07. The first kappa shape index (κ1) is 17.0. The maximum atomic E-state index is 3.71. The van der Waals surface area contributed by atoms with Gasteiger partial charge in [-0.1, -0.05) is 33.6 Å². The number of likely N-dealkylation sites (tertiary alicyclic amines) is 1. The van der Waals surface area contributed by atoms with Crippen LogP contribution in [0.15, 0.2) is 0 Å². The normalized spacial score (nSPS) is 22.4. The van der Waals surface area contributed by atoms with Gasteiger partial charge in [0, 0.05) is 18.1 Å². The Morgan fingerprint density at radius 3 is 2.05 bits per heavy atom. The molecule has 0 bridgehead atoms. The SMILES string of the molecule is CCC1(CC)CCN(C(C)CNC(C)(C)CC)CC1. The molecular weight excluding hydrogens is 232 g/mol. The second-order valence-electron chi connectivity index (χ2n) is 7.21. The molecule has 1 N–H and O–H groups in total. The lowest BCUT2D eigenvalue weighted by Gasteiger charge is -2.43. The quantitative estimate of drug-likeness (QED) is 0.749. The van der Waals surface area contributed by atoms with Crippen LogP contribution >= 0.6 is 0 Å². The number of hydrogen-bond acceptors (Lipinski definition) is 2.